The zero-order valence-corrected chi connectivity index (χ0v) is 15.0. The smallest absolute Gasteiger partial charge is 0.407 e. The molecule has 1 saturated heterocycles. The summed E-state index contributed by atoms with van der Waals surface area (Å²) in [5.74, 6) is 0. The SMILES string of the molecule is O=C(O)N1CC2(CC(n3nc(-c4cccnc4)c(I)c3CO)C2)C1. The highest BCUT2D eigenvalue weighted by Gasteiger charge is 2.55. The van der Waals surface area contributed by atoms with Crippen molar-refractivity contribution < 1.29 is 15.0 Å². The van der Waals surface area contributed by atoms with Gasteiger partial charge in [0.2, 0.25) is 0 Å². The number of halogens is 1. The molecule has 3 heterocycles. The zero-order valence-electron chi connectivity index (χ0n) is 12.9. The van der Waals surface area contributed by atoms with E-state index in [1.54, 1.807) is 12.4 Å². The van der Waals surface area contributed by atoms with Gasteiger partial charge in [0.25, 0.3) is 0 Å². The zero-order chi connectivity index (χ0) is 16.9. The summed E-state index contributed by atoms with van der Waals surface area (Å²) >= 11 is 2.23. The number of pyridine rings is 1. The lowest BCUT2D eigenvalue weighted by Gasteiger charge is -2.58. The summed E-state index contributed by atoms with van der Waals surface area (Å²) in [4.78, 5) is 16.5. The fourth-order valence-corrected chi connectivity index (χ4v) is 4.69. The summed E-state index contributed by atoms with van der Waals surface area (Å²) < 4.78 is 2.88. The number of hydrogen-bond donors (Lipinski definition) is 2. The van der Waals surface area contributed by atoms with E-state index < -0.39 is 6.09 Å². The summed E-state index contributed by atoms with van der Waals surface area (Å²) in [5.41, 5.74) is 2.71. The second kappa shape index (κ2) is 5.69. The molecule has 4 rings (SSSR count). The van der Waals surface area contributed by atoms with Crippen molar-refractivity contribution in [1.82, 2.24) is 19.7 Å². The van der Waals surface area contributed by atoms with Crippen molar-refractivity contribution in [2.75, 3.05) is 13.1 Å². The van der Waals surface area contributed by atoms with Crippen LogP contribution >= 0.6 is 22.6 Å². The minimum atomic E-state index is -0.840. The van der Waals surface area contributed by atoms with Crippen LogP contribution in [0, 0.1) is 8.99 Å². The van der Waals surface area contributed by atoms with Gasteiger partial charge in [-0.1, -0.05) is 0 Å². The molecule has 0 atom stereocenters. The van der Waals surface area contributed by atoms with Gasteiger partial charge in [-0.25, -0.2) is 4.79 Å². The van der Waals surface area contributed by atoms with Crippen molar-refractivity contribution in [1.29, 1.82) is 0 Å². The van der Waals surface area contributed by atoms with E-state index >= 15 is 0 Å². The molecule has 1 aliphatic heterocycles. The van der Waals surface area contributed by atoms with Gasteiger partial charge in [0.1, 0.15) is 5.69 Å². The van der Waals surface area contributed by atoms with Gasteiger partial charge in [-0.05, 0) is 47.6 Å². The fraction of sp³-hybridized carbons (Fsp3) is 0.438. The van der Waals surface area contributed by atoms with Crippen molar-refractivity contribution in [2.45, 2.75) is 25.5 Å². The van der Waals surface area contributed by atoms with Crippen molar-refractivity contribution in [2.24, 2.45) is 5.41 Å². The maximum atomic E-state index is 10.9. The van der Waals surface area contributed by atoms with Gasteiger partial charge >= 0.3 is 6.09 Å². The van der Waals surface area contributed by atoms with Crippen LogP contribution in [0.25, 0.3) is 11.3 Å². The predicted octanol–water partition coefficient (Wildman–Crippen LogP) is 2.36. The Balaban J connectivity index is 1.56. The molecule has 8 heteroatoms. The van der Waals surface area contributed by atoms with Crippen LogP contribution in [-0.4, -0.2) is 49.1 Å². The first-order chi connectivity index (χ1) is 11.5. The Hall–Kier alpha value is -1.68. The third-order valence-corrected chi connectivity index (χ3v) is 6.17. The van der Waals surface area contributed by atoms with E-state index in [-0.39, 0.29) is 18.1 Å². The molecule has 24 heavy (non-hydrogen) atoms. The van der Waals surface area contributed by atoms with E-state index in [9.17, 15) is 9.90 Å². The topological polar surface area (TPSA) is 91.5 Å². The van der Waals surface area contributed by atoms with Crippen LogP contribution in [0.1, 0.15) is 24.6 Å². The summed E-state index contributed by atoms with van der Waals surface area (Å²) in [6.07, 6.45) is 4.48. The van der Waals surface area contributed by atoms with E-state index in [0.29, 0.717) is 13.1 Å². The number of aliphatic hydroxyl groups is 1. The Morgan fingerprint density at radius 3 is 2.75 bits per heavy atom. The van der Waals surface area contributed by atoms with Crippen LogP contribution in [0.4, 0.5) is 4.79 Å². The minimum absolute atomic E-state index is 0.0592. The van der Waals surface area contributed by atoms with Gasteiger partial charge in [-0.2, -0.15) is 5.10 Å². The third kappa shape index (κ3) is 2.39. The molecular formula is C16H17IN4O3. The van der Waals surface area contributed by atoms with Gasteiger partial charge in [-0.3, -0.25) is 9.67 Å². The number of likely N-dealkylation sites (tertiary alicyclic amines) is 1. The molecule has 126 valence electrons. The highest BCUT2D eigenvalue weighted by atomic mass is 127. The Morgan fingerprint density at radius 2 is 2.17 bits per heavy atom. The lowest BCUT2D eigenvalue weighted by molar-refractivity contribution is -0.0782. The maximum Gasteiger partial charge on any atom is 0.407 e. The number of rotatable bonds is 3. The first kappa shape index (κ1) is 15.8. The number of carboxylic acid groups (broad SMARTS) is 1. The van der Waals surface area contributed by atoms with E-state index in [4.69, 9.17) is 10.2 Å². The Bertz CT molecular complexity index is 778. The molecule has 1 amide bonds. The summed E-state index contributed by atoms with van der Waals surface area (Å²) in [6.45, 7) is 1.17. The molecule has 7 nitrogen and oxygen atoms in total. The number of nitrogens with zero attached hydrogens (tertiary/aromatic N) is 4. The number of aliphatic hydroxyl groups excluding tert-OH is 1. The average Bonchev–Trinajstić information content (AvgIpc) is 2.81. The van der Waals surface area contributed by atoms with Crippen LogP contribution in [0.5, 0.6) is 0 Å². The highest BCUT2D eigenvalue weighted by molar-refractivity contribution is 14.1. The van der Waals surface area contributed by atoms with Crippen LogP contribution in [0.2, 0.25) is 0 Å². The molecule has 2 N–H and O–H groups in total. The largest absolute Gasteiger partial charge is 0.465 e. The average molecular weight is 440 g/mol. The van der Waals surface area contributed by atoms with Crippen molar-refractivity contribution in [3.05, 3.63) is 33.8 Å². The molecule has 1 spiro atoms. The van der Waals surface area contributed by atoms with Crippen LogP contribution in [0.15, 0.2) is 24.5 Å². The van der Waals surface area contributed by atoms with Crippen molar-refractivity contribution in [3.8, 4) is 11.3 Å². The first-order valence-corrected chi connectivity index (χ1v) is 8.87. The van der Waals surface area contributed by atoms with Gasteiger partial charge in [0, 0.05) is 36.5 Å². The normalized spacial score (nSPS) is 19.2. The molecule has 0 aromatic carbocycles. The number of carbonyl (C=O) groups is 1. The lowest BCUT2D eigenvalue weighted by Crippen LogP contribution is -2.63. The molecule has 2 aromatic heterocycles. The molecule has 1 saturated carbocycles. The second-order valence-corrected chi connectivity index (χ2v) is 7.73. The second-order valence-electron chi connectivity index (χ2n) is 6.65. The maximum absolute atomic E-state index is 10.9. The summed E-state index contributed by atoms with van der Waals surface area (Å²) in [6, 6.07) is 4.06. The van der Waals surface area contributed by atoms with Crippen LogP contribution < -0.4 is 0 Å². The Labute approximate surface area is 152 Å². The molecule has 0 bridgehead atoms. The van der Waals surface area contributed by atoms with Gasteiger partial charge < -0.3 is 15.1 Å². The first-order valence-electron chi connectivity index (χ1n) is 7.79. The monoisotopic (exact) mass is 440 g/mol. The molecular weight excluding hydrogens is 423 g/mol. The van der Waals surface area contributed by atoms with Crippen molar-refractivity contribution >= 4 is 28.7 Å². The quantitative estimate of drug-likeness (QED) is 0.716. The Morgan fingerprint density at radius 1 is 1.42 bits per heavy atom. The summed E-state index contributed by atoms with van der Waals surface area (Å²) in [5, 5.41) is 23.5. The molecule has 2 aromatic rings. The number of amides is 1. The fourth-order valence-electron chi connectivity index (χ4n) is 3.85. The summed E-state index contributed by atoms with van der Waals surface area (Å²) in [7, 11) is 0. The molecule has 0 unspecified atom stereocenters. The Kier molecular flexibility index (Phi) is 3.75. The number of aromatic nitrogens is 3. The van der Waals surface area contributed by atoms with E-state index in [1.807, 2.05) is 16.8 Å². The van der Waals surface area contributed by atoms with Crippen LogP contribution in [0.3, 0.4) is 0 Å². The highest BCUT2D eigenvalue weighted by Crippen LogP contribution is 2.54. The molecule has 2 aliphatic rings. The van der Waals surface area contributed by atoms with Gasteiger partial charge in [0.15, 0.2) is 0 Å². The van der Waals surface area contributed by atoms with E-state index in [2.05, 4.69) is 27.6 Å². The standard InChI is InChI=1S/C16H17IN4O3/c17-13-12(7-22)21(19-14(13)10-2-1-3-18-6-10)11-4-16(5-11)8-20(9-16)15(23)24/h1-3,6,11,22H,4-5,7-9H2,(H,23,24). The van der Waals surface area contributed by atoms with Crippen molar-refractivity contribution in [3.63, 3.8) is 0 Å². The van der Waals surface area contributed by atoms with Gasteiger partial charge in [-0.15, -0.1) is 0 Å². The minimum Gasteiger partial charge on any atom is -0.465 e. The third-order valence-electron chi connectivity index (χ3n) is 5.04. The molecule has 2 fully saturated rings. The van der Waals surface area contributed by atoms with E-state index in [1.165, 1.54) is 4.90 Å². The molecule has 0 radical (unpaired) electrons. The number of hydrogen-bond acceptors (Lipinski definition) is 4. The van der Waals surface area contributed by atoms with Crippen LogP contribution in [-0.2, 0) is 6.61 Å². The van der Waals surface area contributed by atoms with Gasteiger partial charge in [0.05, 0.1) is 21.9 Å². The van der Waals surface area contributed by atoms with E-state index in [0.717, 1.165) is 33.4 Å². The molecule has 1 aliphatic carbocycles. The lowest BCUT2D eigenvalue weighted by atomic mass is 9.61. The predicted molar refractivity (Wildman–Crippen MR) is 94.4 cm³/mol.